The van der Waals surface area contributed by atoms with Crippen molar-refractivity contribution >= 4 is 114 Å². The van der Waals surface area contributed by atoms with E-state index in [9.17, 15) is 86.5 Å². The van der Waals surface area contributed by atoms with E-state index >= 15 is 0 Å². The van der Waals surface area contributed by atoms with Crippen molar-refractivity contribution in [2.75, 3.05) is 224 Å². The third-order valence-corrected chi connectivity index (χ3v) is 21.4. The van der Waals surface area contributed by atoms with Crippen molar-refractivity contribution in [3.63, 3.8) is 0 Å². The second kappa shape index (κ2) is 76.9. The van der Waals surface area contributed by atoms with Crippen molar-refractivity contribution in [3.8, 4) is 0 Å². The minimum atomic E-state index is -3.76. The number of carbonyl (C=O) groups is 16. The van der Waals surface area contributed by atoms with Gasteiger partial charge in [0.05, 0.1) is 191 Å². The number of rotatable bonds is 82. The van der Waals surface area contributed by atoms with Gasteiger partial charge in [0.2, 0.25) is 41.4 Å². The largest absolute Gasteiger partial charge is 0.463 e. The summed E-state index contributed by atoms with van der Waals surface area (Å²) in [6, 6.07) is -3.49. The molecule has 3 saturated heterocycles. The number of aromatic nitrogens is 3. The molecule has 4 heterocycles. The molecule has 1 aromatic heterocycles. The third kappa shape index (κ3) is 61.7. The quantitative estimate of drug-likeness (QED) is 0.0136. The zero-order valence-corrected chi connectivity index (χ0v) is 88.3. The first kappa shape index (κ1) is 132. The van der Waals surface area contributed by atoms with Crippen LogP contribution in [-0.2, 0) is 234 Å². The molecule has 0 saturated carbocycles. The Hall–Kier alpha value is -9.53. The molecule has 3 fully saturated rings. The zero-order valence-electron chi connectivity index (χ0n) is 86.6. The van der Waals surface area contributed by atoms with E-state index in [2.05, 4.69) is 59.3 Å². The maximum Gasteiger partial charge on any atom is 0.321 e. The lowest BCUT2D eigenvalue weighted by molar-refractivity contribution is -0.279. The van der Waals surface area contributed by atoms with E-state index in [1.165, 1.54) is 20.8 Å². The van der Waals surface area contributed by atoms with Crippen molar-refractivity contribution in [1.29, 1.82) is 0 Å². The minimum Gasteiger partial charge on any atom is -0.463 e. The summed E-state index contributed by atoms with van der Waals surface area (Å²) in [6.45, 7) is 10.2. The number of esters is 9. The molecule has 4 rings (SSSR count). The summed E-state index contributed by atoms with van der Waals surface area (Å²) in [5.41, 5.74) is -0.760. The van der Waals surface area contributed by atoms with Gasteiger partial charge in [0.15, 0.2) is 55.5 Å². The molecular formula is C91H151N10O46PS. The van der Waals surface area contributed by atoms with Crippen LogP contribution in [0.15, 0.2) is 6.20 Å². The highest BCUT2D eigenvalue weighted by Crippen LogP contribution is 2.37. The number of ether oxygens (including phenoxy) is 27. The molecule has 3 aliphatic rings. The number of nitrogens with one attached hydrogen (secondary N) is 7. The van der Waals surface area contributed by atoms with Crippen LogP contribution >= 0.6 is 6.72 Å². The van der Waals surface area contributed by atoms with Crippen LogP contribution in [0, 0.1) is 0 Å². The van der Waals surface area contributed by atoms with Gasteiger partial charge in [-0.15, -0.1) is 5.10 Å². The molecular weight excluding hydrogens is 2030 g/mol. The highest BCUT2D eigenvalue weighted by molar-refractivity contribution is 8.06. The van der Waals surface area contributed by atoms with Gasteiger partial charge in [-0.2, -0.15) is 0 Å². The Morgan fingerprint density at radius 2 is 0.638 bits per heavy atom. The smallest absolute Gasteiger partial charge is 0.321 e. The van der Waals surface area contributed by atoms with Crippen LogP contribution in [0.1, 0.15) is 147 Å². The molecule has 1 aromatic rings. The van der Waals surface area contributed by atoms with Gasteiger partial charge in [-0.25, -0.2) is 0 Å². The molecule has 0 radical (unpaired) electrons. The van der Waals surface area contributed by atoms with Gasteiger partial charge in [-0.05, 0) is 43.9 Å². The normalized spacial score (nSPS) is 20.9. The highest BCUT2D eigenvalue weighted by atomic mass is 32.5. The van der Waals surface area contributed by atoms with Crippen LogP contribution in [0.3, 0.4) is 0 Å². The van der Waals surface area contributed by atoms with Gasteiger partial charge in [-0.1, -0.05) is 11.6 Å². The van der Waals surface area contributed by atoms with Crippen molar-refractivity contribution in [1.82, 2.24) is 52.2 Å². The van der Waals surface area contributed by atoms with Gasteiger partial charge in [0.1, 0.15) is 61.8 Å². The molecule has 9 N–H and O–H groups in total. The summed E-state index contributed by atoms with van der Waals surface area (Å²) in [5.74, 6) is -9.85. The monoisotopic (exact) mass is 2180 g/mol. The molecule has 0 spiro atoms. The molecule has 0 bridgehead atoms. The van der Waals surface area contributed by atoms with E-state index in [4.69, 9.17) is 132 Å². The number of carbonyl (C=O) groups excluding carboxylic acids is 16. The molecule has 0 aliphatic carbocycles. The Kier molecular flexibility index (Phi) is 68.0. The van der Waals surface area contributed by atoms with Crippen LogP contribution in [0.4, 0.5) is 0 Å². The van der Waals surface area contributed by atoms with Gasteiger partial charge in [0.25, 0.3) is 0 Å². The number of amides is 7. The van der Waals surface area contributed by atoms with Crippen molar-refractivity contribution < 1.29 is 219 Å². The van der Waals surface area contributed by atoms with Gasteiger partial charge >= 0.3 is 60.4 Å². The Labute approximate surface area is 868 Å². The van der Waals surface area contributed by atoms with E-state index in [0.717, 1.165) is 68.0 Å². The van der Waals surface area contributed by atoms with E-state index < -0.39 is 219 Å². The second-order valence-corrected chi connectivity index (χ2v) is 36.3. The number of hydrogen-bond acceptors (Lipinski definition) is 47. The fourth-order valence-electron chi connectivity index (χ4n) is 14.4. The number of unbranched alkanes of at least 4 members (excludes halogenated alkanes) is 3. The summed E-state index contributed by atoms with van der Waals surface area (Å²) < 4.78 is 160. The van der Waals surface area contributed by atoms with Crippen molar-refractivity contribution in [2.45, 2.75) is 251 Å². The molecule has 3 aliphatic heterocycles. The Bertz CT molecular complexity index is 3870. The first-order chi connectivity index (χ1) is 71.1. The van der Waals surface area contributed by atoms with Crippen LogP contribution in [-0.4, -0.2) is 442 Å². The Balaban J connectivity index is 1.33. The summed E-state index contributed by atoms with van der Waals surface area (Å²) in [4.78, 5) is 218. The average Bonchev–Trinajstić information content (AvgIpc) is 0.948. The third-order valence-electron chi connectivity index (χ3n) is 20.6. The molecule has 149 heavy (non-hydrogen) atoms. The predicted molar refractivity (Wildman–Crippen MR) is 510 cm³/mol. The molecule has 0 aromatic carbocycles. The zero-order chi connectivity index (χ0) is 110. The molecule has 58 heteroatoms. The van der Waals surface area contributed by atoms with E-state index in [-0.39, 0.29) is 230 Å². The van der Waals surface area contributed by atoms with Crippen molar-refractivity contribution in [3.05, 3.63) is 11.9 Å². The molecule has 15 unspecified atom stereocenters. The number of nitrogens with zero attached hydrogens (tertiary/aromatic N) is 3. The summed E-state index contributed by atoms with van der Waals surface area (Å²) in [6.07, 6.45) is -10.4. The first-order valence-electron chi connectivity index (χ1n) is 48.8. The minimum absolute atomic E-state index is 0.00891. The number of hydrogen-bond donors (Lipinski definition) is 9. The summed E-state index contributed by atoms with van der Waals surface area (Å²) in [5, 5.41) is 27.6. The molecule has 56 nitrogen and oxygen atoms in total. The Morgan fingerprint density at radius 1 is 0.342 bits per heavy atom. The maximum atomic E-state index is 14.2. The lowest BCUT2D eigenvalue weighted by Crippen LogP contribution is -2.66. The van der Waals surface area contributed by atoms with E-state index in [0.29, 0.717) is 45.1 Å². The fourth-order valence-corrected chi connectivity index (χ4v) is 15.0. The topological polar surface area (TPSA) is 687 Å². The molecule has 15 atom stereocenters. The van der Waals surface area contributed by atoms with E-state index in [1.807, 2.05) is 0 Å². The summed E-state index contributed by atoms with van der Waals surface area (Å²) in [7, 11) is 0. The van der Waals surface area contributed by atoms with Crippen LogP contribution in [0.2, 0.25) is 0 Å². The second-order valence-electron chi connectivity index (χ2n) is 33.6. The summed E-state index contributed by atoms with van der Waals surface area (Å²) >= 11 is 4.51. The predicted octanol–water partition coefficient (Wildman–Crippen LogP) is -3.02. The van der Waals surface area contributed by atoms with Crippen LogP contribution in [0.25, 0.3) is 0 Å². The standard InChI is InChI=1S/C91H151N10O46PS/c1-59(102)95-79-85(142-68(10)111)82(139-65(7)108)72(53-135-62(4)105)145-88(79)132-49-46-126-43-40-123-37-34-120-31-23-92-75(114)20-28-129-56-91(98-78(117)19-14-13-16-26-101-52-71(99-100-101)18-15-17-27-138-148(118,119)149,57-130-29-21-76(115)93-24-32-121-35-38-124-41-44-127-47-50-133-89-80(96-60(2)103)86(143-69(11)112)83(140-66(8)109)73(146-89)54-136-63(5)106)58-131-30-22-77(116)94-25-33-122-36-39-125-42-45-128-48-51-134-90-81(97-61(3)104)87(144-70(12)113)84(141-67(9)110)74(147-90)55-137-64(6)107/h52,72-74,79-90H,13-51,53-58H2,1-12H3,(H,92,114)(H,93,115)(H,94,116)(H,95,102)(H,96,103)(H,97,104)(H,98,117)(H2,118,119,149). The van der Waals surface area contributed by atoms with Crippen LogP contribution in [0.5, 0.6) is 0 Å². The first-order valence-corrected chi connectivity index (χ1v) is 51.4. The highest BCUT2D eigenvalue weighted by Gasteiger charge is 2.55. The SMILES string of the molecule is CC(=O)NC1C(OCCOCCOCCOCCNC(=O)CCOCC(COCCC(=O)NCCOCCOCCOCCOC2OC(COC(C)=O)C(OC(C)=O)C(OC(C)=O)C2NC(C)=O)(COCCC(=O)NCCOCCOCCOCCOC2OC(COC(C)=O)C(OC(C)=O)C(OC(C)=O)C2NC(C)=O)NC(=O)CCCCCn2cc(CCCCOP(O)(O)=S)nn2)OC(COC(C)=O)C(OC(C)=O)C1OC(C)=O. The lowest BCUT2D eigenvalue weighted by atomic mass is 9.96. The number of aryl methyl sites for hydroxylation is 2. The molecule has 852 valence electrons. The fraction of sp³-hybridized carbons (Fsp3) is 0.802. The maximum absolute atomic E-state index is 14.2. The van der Waals surface area contributed by atoms with Gasteiger partial charge in [-0.3, -0.25) is 81.4 Å². The van der Waals surface area contributed by atoms with Gasteiger partial charge in [0, 0.05) is 141 Å². The lowest BCUT2D eigenvalue weighted by Gasteiger charge is -2.44. The van der Waals surface area contributed by atoms with Crippen LogP contribution < -0.4 is 37.2 Å². The van der Waals surface area contributed by atoms with E-state index in [1.54, 1.807) is 10.9 Å². The molecule has 7 amide bonds. The Morgan fingerprint density at radius 3 is 0.926 bits per heavy atom. The van der Waals surface area contributed by atoms with Crippen molar-refractivity contribution in [2.24, 2.45) is 0 Å². The average molecular weight is 2180 g/mol. The van der Waals surface area contributed by atoms with Gasteiger partial charge < -0.3 is 179 Å².